The number of allylic oxidation sites excluding steroid dienone is 1. The molecule has 156 valence electrons. The van der Waals surface area contributed by atoms with Crippen LogP contribution in [0.4, 0.5) is 5.95 Å². The van der Waals surface area contributed by atoms with E-state index in [9.17, 15) is 5.11 Å². The maximum Gasteiger partial charge on any atom is 0.226 e. The van der Waals surface area contributed by atoms with Crippen LogP contribution in [0.15, 0.2) is 36.4 Å². The molecule has 30 heavy (non-hydrogen) atoms. The number of fused-ring (bicyclic) bond motifs is 1. The van der Waals surface area contributed by atoms with E-state index in [1.807, 2.05) is 24.5 Å². The Morgan fingerprint density at radius 3 is 2.77 bits per heavy atom. The first kappa shape index (κ1) is 20.2. The minimum atomic E-state index is 0.314. The summed E-state index contributed by atoms with van der Waals surface area (Å²) in [5.41, 5.74) is 12.6. The van der Waals surface area contributed by atoms with Crippen LogP contribution in [0, 0.1) is 18.8 Å². The third-order valence-electron chi connectivity index (χ3n) is 5.94. The van der Waals surface area contributed by atoms with Gasteiger partial charge in [0.05, 0.1) is 5.69 Å². The van der Waals surface area contributed by atoms with Gasteiger partial charge in [-0.1, -0.05) is 45.1 Å². The monoisotopic (exact) mass is 402 g/mol. The van der Waals surface area contributed by atoms with Crippen molar-refractivity contribution < 1.29 is 5.11 Å². The Balaban J connectivity index is 1.84. The van der Waals surface area contributed by atoms with Crippen LogP contribution in [0.25, 0.3) is 23.2 Å². The Kier molecular flexibility index (Phi) is 5.37. The van der Waals surface area contributed by atoms with Gasteiger partial charge in [-0.05, 0) is 72.9 Å². The molecule has 0 saturated carbocycles. The van der Waals surface area contributed by atoms with Gasteiger partial charge < -0.3 is 10.8 Å². The summed E-state index contributed by atoms with van der Waals surface area (Å²) < 4.78 is 1.94. The van der Waals surface area contributed by atoms with Gasteiger partial charge in [-0.2, -0.15) is 0 Å². The summed E-state index contributed by atoms with van der Waals surface area (Å²) in [4.78, 5) is 0. The van der Waals surface area contributed by atoms with E-state index in [0.29, 0.717) is 29.4 Å². The van der Waals surface area contributed by atoms with E-state index in [-0.39, 0.29) is 0 Å². The summed E-state index contributed by atoms with van der Waals surface area (Å²) >= 11 is 0. The highest BCUT2D eigenvalue weighted by Gasteiger charge is 2.22. The molecule has 1 aliphatic rings. The van der Waals surface area contributed by atoms with Crippen molar-refractivity contribution in [1.82, 2.24) is 14.8 Å². The molecule has 0 spiro atoms. The molecule has 3 N–H and O–H groups in total. The van der Waals surface area contributed by atoms with Gasteiger partial charge in [-0.25, -0.2) is 0 Å². The van der Waals surface area contributed by atoms with E-state index >= 15 is 0 Å². The lowest BCUT2D eigenvalue weighted by atomic mass is 9.84. The molecule has 0 saturated heterocycles. The molecule has 1 aliphatic carbocycles. The molecule has 0 bridgehead atoms. The molecule has 0 fully saturated rings. The van der Waals surface area contributed by atoms with Crippen LogP contribution >= 0.6 is 0 Å². The van der Waals surface area contributed by atoms with Crippen molar-refractivity contribution in [1.29, 1.82) is 0 Å². The molecule has 5 heteroatoms. The highest BCUT2D eigenvalue weighted by atomic mass is 16.3. The van der Waals surface area contributed by atoms with E-state index in [1.165, 1.54) is 17.5 Å². The normalized spacial score (nSPS) is 15.6. The molecule has 5 nitrogen and oxygen atoms in total. The molecule has 2 aromatic carbocycles. The number of nitrogen functional groups attached to an aromatic ring is 1. The fraction of sp³-hybridized carbons (Fsp3) is 0.360. The topological polar surface area (TPSA) is 77.0 Å². The first-order valence-electron chi connectivity index (χ1n) is 10.7. The van der Waals surface area contributed by atoms with Gasteiger partial charge in [0.1, 0.15) is 5.75 Å². The number of nitrogens with zero attached hydrogens (tertiary/aromatic N) is 3. The summed E-state index contributed by atoms with van der Waals surface area (Å²) in [7, 11) is 0. The Hall–Kier alpha value is -3.08. The lowest BCUT2D eigenvalue weighted by molar-refractivity contribution is 0.468. The first-order chi connectivity index (χ1) is 14.4. The molecule has 1 atom stereocenters. The zero-order chi connectivity index (χ0) is 21.4. The SMILES string of the molecule is CCc1cc(-c2nnc(N)n2-c2cccc3c2C=CC(CC(C)C)C3)c(C)cc1O. The number of hydrogen-bond acceptors (Lipinski definition) is 4. The summed E-state index contributed by atoms with van der Waals surface area (Å²) in [5.74, 6) is 2.62. The number of hydrogen-bond donors (Lipinski definition) is 2. The minimum absolute atomic E-state index is 0.314. The van der Waals surface area contributed by atoms with Crippen LogP contribution in [0.5, 0.6) is 5.75 Å². The Bertz CT molecular complexity index is 1110. The van der Waals surface area contributed by atoms with E-state index < -0.39 is 0 Å². The summed E-state index contributed by atoms with van der Waals surface area (Å²) in [6.07, 6.45) is 7.52. The summed E-state index contributed by atoms with van der Waals surface area (Å²) in [5, 5.41) is 18.8. The zero-order valence-corrected chi connectivity index (χ0v) is 18.2. The average Bonchev–Trinajstić information content (AvgIpc) is 3.08. The van der Waals surface area contributed by atoms with Gasteiger partial charge in [0, 0.05) is 11.1 Å². The largest absolute Gasteiger partial charge is 0.508 e. The third kappa shape index (κ3) is 3.60. The fourth-order valence-corrected chi connectivity index (χ4v) is 4.49. The van der Waals surface area contributed by atoms with E-state index in [0.717, 1.165) is 35.2 Å². The smallest absolute Gasteiger partial charge is 0.226 e. The van der Waals surface area contributed by atoms with Crippen LogP contribution < -0.4 is 5.73 Å². The molecule has 1 aromatic heterocycles. The van der Waals surface area contributed by atoms with Gasteiger partial charge in [0.25, 0.3) is 0 Å². The minimum Gasteiger partial charge on any atom is -0.508 e. The number of nitrogens with two attached hydrogens (primary N) is 1. The van der Waals surface area contributed by atoms with Crippen molar-refractivity contribution in [3.8, 4) is 22.8 Å². The van der Waals surface area contributed by atoms with Crippen LogP contribution in [-0.2, 0) is 12.8 Å². The third-order valence-corrected chi connectivity index (χ3v) is 5.94. The average molecular weight is 403 g/mol. The summed E-state index contributed by atoms with van der Waals surface area (Å²) in [6, 6.07) is 10.2. The standard InChI is InChI=1S/C25H30N4O/c1-5-18-14-21(16(4)12-23(18)30)24-27-28-25(26)29(24)22-8-6-7-19-13-17(11-15(2)3)9-10-20(19)22/h6-10,12,14-15,17,30H,5,11,13H2,1-4H3,(H2,26,28). The summed E-state index contributed by atoms with van der Waals surface area (Å²) in [6.45, 7) is 8.54. The number of aromatic nitrogens is 3. The second-order valence-electron chi connectivity index (χ2n) is 8.67. The highest BCUT2D eigenvalue weighted by molar-refractivity contribution is 5.72. The van der Waals surface area contributed by atoms with Crippen molar-refractivity contribution >= 4 is 12.0 Å². The van der Waals surface area contributed by atoms with Crippen molar-refractivity contribution in [3.63, 3.8) is 0 Å². The Morgan fingerprint density at radius 1 is 1.23 bits per heavy atom. The van der Waals surface area contributed by atoms with E-state index in [1.54, 1.807) is 6.07 Å². The maximum atomic E-state index is 10.2. The number of phenolic OH excluding ortho intramolecular Hbond substituents is 1. The lowest BCUT2D eigenvalue weighted by Gasteiger charge is -2.23. The molecular formula is C25H30N4O. The predicted molar refractivity (Wildman–Crippen MR) is 123 cm³/mol. The Labute approximate surface area is 178 Å². The van der Waals surface area contributed by atoms with Crippen molar-refractivity contribution in [2.24, 2.45) is 11.8 Å². The molecule has 0 radical (unpaired) electrons. The lowest BCUT2D eigenvalue weighted by Crippen LogP contribution is -2.13. The number of rotatable bonds is 5. The van der Waals surface area contributed by atoms with Crippen LogP contribution in [-0.4, -0.2) is 19.9 Å². The van der Waals surface area contributed by atoms with Crippen LogP contribution in [0.1, 0.15) is 49.4 Å². The predicted octanol–water partition coefficient (Wildman–Crippen LogP) is 5.32. The van der Waals surface area contributed by atoms with Crippen LogP contribution in [0.2, 0.25) is 0 Å². The molecule has 0 aliphatic heterocycles. The van der Waals surface area contributed by atoms with Gasteiger partial charge in [0.15, 0.2) is 5.82 Å². The van der Waals surface area contributed by atoms with E-state index in [4.69, 9.17) is 5.73 Å². The van der Waals surface area contributed by atoms with Gasteiger partial charge >= 0.3 is 0 Å². The van der Waals surface area contributed by atoms with Gasteiger partial charge in [-0.3, -0.25) is 4.57 Å². The molecule has 3 aromatic rings. The number of anilines is 1. The Morgan fingerprint density at radius 2 is 2.03 bits per heavy atom. The molecule has 4 rings (SSSR count). The molecule has 0 amide bonds. The van der Waals surface area contributed by atoms with E-state index in [2.05, 4.69) is 54.4 Å². The van der Waals surface area contributed by atoms with Crippen molar-refractivity contribution in [3.05, 3.63) is 58.7 Å². The fourth-order valence-electron chi connectivity index (χ4n) is 4.49. The second kappa shape index (κ2) is 7.98. The molecule has 1 heterocycles. The quantitative estimate of drug-likeness (QED) is 0.605. The van der Waals surface area contributed by atoms with Crippen molar-refractivity contribution in [2.45, 2.75) is 47.0 Å². The zero-order valence-electron chi connectivity index (χ0n) is 18.2. The second-order valence-corrected chi connectivity index (χ2v) is 8.67. The van der Waals surface area contributed by atoms with Crippen LogP contribution in [0.3, 0.4) is 0 Å². The van der Waals surface area contributed by atoms with Gasteiger partial charge in [0.2, 0.25) is 5.95 Å². The van der Waals surface area contributed by atoms with Gasteiger partial charge in [-0.15, -0.1) is 10.2 Å². The molecular weight excluding hydrogens is 372 g/mol. The van der Waals surface area contributed by atoms with Crippen molar-refractivity contribution in [2.75, 3.05) is 5.73 Å². The highest BCUT2D eigenvalue weighted by Crippen LogP contribution is 2.35. The maximum absolute atomic E-state index is 10.2. The number of benzene rings is 2. The number of phenols is 1. The number of aromatic hydroxyl groups is 1. The first-order valence-corrected chi connectivity index (χ1v) is 10.7. The molecule has 1 unspecified atom stereocenters. The number of aryl methyl sites for hydroxylation is 2.